The number of carbonyl (C=O) groups excluding carboxylic acids is 1. The second-order valence-electron chi connectivity index (χ2n) is 9.12. The highest BCUT2D eigenvalue weighted by Gasteiger charge is 2.30. The van der Waals surface area contributed by atoms with E-state index in [0.29, 0.717) is 53.8 Å². The molecule has 4 heterocycles. The number of carbonyl (C=O) groups is 1. The number of aryl methyl sites for hydroxylation is 1. The average Bonchev–Trinajstić information content (AvgIpc) is 3.25. The molecule has 5 rings (SSSR count). The summed E-state index contributed by atoms with van der Waals surface area (Å²) in [5, 5.41) is 3.54. The fourth-order valence-corrected chi connectivity index (χ4v) is 4.81. The summed E-state index contributed by atoms with van der Waals surface area (Å²) < 4.78 is 40.1. The second kappa shape index (κ2) is 10.1. The molecule has 0 atom stereocenters. The van der Waals surface area contributed by atoms with Gasteiger partial charge in [0.2, 0.25) is 0 Å². The zero-order valence-electron chi connectivity index (χ0n) is 20.1. The van der Waals surface area contributed by atoms with Gasteiger partial charge in [-0.15, -0.1) is 0 Å². The largest absolute Gasteiger partial charge is 0.417 e. The monoisotopic (exact) mass is 527 g/mol. The van der Waals surface area contributed by atoms with Gasteiger partial charge < -0.3 is 5.32 Å². The normalized spacial score (nSPS) is 14.1. The summed E-state index contributed by atoms with van der Waals surface area (Å²) in [6, 6.07) is 12.2. The Labute approximate surface area is 217 Å². The molecule has 0 unspecified atom stereocenters. The molecule has 0 fully saturated rings. The third kappa shape index (κ3) is 5.47. The summed E-state index contributed by atoms with van der Waals surface area (Å²) in [6.45, 7) is 4.28. The fourth-order valence-electron chi connectivity index (χ4n) is 4.64. The van der Waals surface area contributed by atoms with E-state index < -0.39 is 11.7 Å². The van der Waals surface area contributed by atoms with E-state index in [0.717, 1.165) is 36.4 Å². The van der Waals surface area contributed by atoms with E-state index in [1.54, 1.807) is 22.7 Å². The number of nitrogens with one attached hydrogen (secondary N) is 1. The molecule has 0 aliphatic carbocycles. The molecule has 3 aromatic heterocycles. The Hall–Kier alpha value is -3.43. The van der Waals surface area contributed by atoms with Crippen LogP contribution in [0, 0.1) is 0 Å². The number of pyridine rings is 2. The predicted molar refractivity (Wildman–Crippen MR) is 134 cm³/mol. The predicted octanol–water partition coefficient (Wildman–Crippen LogP) is 5.45. The van der Waals surface area contributed by atoms with E-state index in [1.807, 2.05) is 13.0 Å². The Kier molecular flexibility index (Phi) is 6.92. The number of imidazole rings is 1. The van der Waals surface area contributed by atoms with E-state index in [-0.39, 0.29) is 5.91 Å². The van der Waals surface area contributed by atoms with Gasteiger partial charge in [-0.3, -0.25) is 19.1 Å². The minimum atomic E-state index is -4.38. The Bertz CT molecular complexity index is 1450. The number of hydrogen-bond donors (Lipinski definition) is 1. The minimum absolute atomic E-state index is 0.209. The van der Waals surface area contributed by atoms with E-state index >= 15 is 0 Å². The van der Waals surface area contributed by atoms with Crippen LogP contribution in [0.15, 0.2) is 54.9 Å². The number of halogens is 4. The molecule has 0 saturated carbocycles. The highest BCUT2D eigenvalue weighted by molar-refractivity contribution is 6.30. The quantitative estimate of drug-likeness (QED) is 0.362. The molecule has 6 nitrogen and oxygen atoms in total. The molecule has 1 aromatic carbocycles. The van der Waals surface area contributed by atoms with Gasteiger partial charge in [-0.05, 0) is 53.8 Å². The van der Waals surface area contributed by atoms with Crippen molar-refractivity contribution < 1.29 is 18.0 Å². The number of fused-ring (bicyclic) bond motifs is 2. The SMILES string of the molecule is CCc1nc2ccc(Cl)cn2c1C(=O)NCc1ccc2c(c1)CCN(Cc1ccc(C(F)(F)F)cn1)C2. The first-order valence-electron chi connectivity index (χ1n) is 12.0. The smallest absolute Gasteiger partial charge is 0.347 e. The molecular formula is C27H25ClF3N5O. The number of alkyl halides is 3. The first kappa shape index (κ1) is 25.2. The maximum absolute atomic E-state index is 13.1. The molecule has 192 valence electrons. The number of benzene rings is 1. The topological polar surface area (TPSA) is 62.5 Å². The van der Waals surface area contributed by atoms with Gasteiger partial charge in [-0.2, -0.15) is 13.2 Å². The zero-order valence-corrected chi connectivity index (χ0v) is 20.9. The third-order valence-corrected chi connectivity index (χ3v) is 6.78. The van der Waals surface area contributed by atoms with Crippen molar-refractivity contribution in [2.24, 2.45) is 0 Å². The van der Waals surface area contributed by atoms with Crippen LogP contribution in [0.1, 0.15) is 51.1 Å². The molecular weight excluding hydrogens is 503 g/mol. The number of amides is 1. The lowest BCUT2D eigenvalue weighted by Gasteiger charge is -2.29. The standard InChI is InChI=1S/C27H25ClF3N5O/c1-2-23-25(36-15-21(28)6-8-24(36)34-23)26(37)33-12-17-3-4-19-14-35(10-9-18(19)11-17)16-22-7-5-20(13-32-22)27(29,30)31/h3-8,11,13,15H,2,9-10,12,14,16H2,1H3,(H,33,37). The van der Waals surface area contributed by atoms with Crippen molar-refractivity contribution in [2.75, 3.05) is 6.54 Å². The van der Waals surface area contributed by atoms with Crippen LogP contribution >= 0.6 is 11.6 Å². The van der Waals surface area contributed by atoms with Crippen molar-refractivity contribution in [1.29, 1.82) is 0 Å². The number of nitrogens with zero attached hydrogens (tertiary/aromatic N) is 4. The summed E-state index contributed by atoms with van der Waals surface area (Å²) in [6.07, 6.45) is -0.365. The van der Waals surface area contributed by atoms with Crippen molar-refractivity contribution in [3.8, 4) is 0 Å². The van der Waals surface area contributed by atoms with Crippen molar-refractivity contribution in [2.45, 2.75) is 45.6 Å². The van der Waals surface area contributed by atoms with Gasteiger partial charge in [0, 0.05) is 38.6 Å². The van der Waals surface area contributed by atoms with Gasteiger partial charge >= 0.3 is 6.18 Å². The molecule has 37 heavy (non-hydrogen) atoms. The van der Waals surface area contributed by atoms with Crippen LogP contribution in [0.4, 0.5) is 13.2 Å². The number of aromatic nitrogens is 3. The van der Waals surface area contributed by atoms with Gasteiger partial charge in [0.25, 0.3) is 5.91 Å². The lowest BCUT2D eigenvalue weighted by atomic mass is 9.97. The average molecular weight is 528 g/mol. The van der Waals surface area contributed by atoms with Crippen LogP contribution in [0.5, 0.6) is 0 Å². The van der Waals surface area contributed by atoms with Crippen molar-refractivity contribution in [3.63, 3.8) is 0 Å². The minimum Gasteiger partial charge on any atom is -0.347 e. The molecule has 1 N–H and O–H groups in total. The summed E-state index contributed by atoms with van der Waals surface area (Å²) in [4.78, 5) is 23.8. The van der Waals surface area contributed by atoms with Crippen molar-refractivity contribution >= 4 is 23.2 Å². The molecule has 0 bridgehead atoms. The summed E-state index contributed by atoms with van der Waals surface area (Å²) in [7, 11) is 0. The lowest BCUT2D eigenvalue weighted by molar-refractivity contribution is -0.137. The van der Waals surface area contributed by atoms with Crippen LogP contribution < -0.4 is 5.32 Å². The zero-order chi connectivity index (χ0) is 26.2. The molecule has 4 aromatic rings. The molecule has 0 radical (unpaired) electrons. The Balaban J connectivity index is 1.23. The highest BCUT2D eigenvalue weighted by Crippen LogP contribution is 2.29. The second-order valence-corrected chi connectivity index (χ2v) is 9.55. The van der Waals surface area contributed by atoms with E-state index in [1.165, 1.54) is 11.6 Å². The van der Waals surface area contributed by atoms with Crippen LogP contribution in [0.25, 0.3) is 5.65 Å². The molecule has 0 saturated heterocycles. The van der Waals surface area contributed by atoms with Gasteiger partial charge in [0.1, 0.15) is 11.3 Å². The van der Waals surface area contributed by atoms with Crippen molar-refractivity contribution in [3.05, 3.63) is 99.2 Å². The molecule has 1 aliphatic rings. The summed E-state index contributed by atoms with van der Waals surface area (Å²) in [5.74, 6) is -0.209. The van der Waals surface area contributed by atoms with E-state index in [4.69, 9.17) is 11.6 Å². The first-order valence-corrected chi connectivity index (χ1v) is 12.4. The maximum Gasteiger partial charge on any atom is 0.417 e. The van der Waals surface area contributed by atoms with E-state index in [9.17, 15) is 18.0 Å². The Morgan fingerprint density at radius 2 is 1.97 bits per heavy atom. The molecule has 1 amide bonds. The highest BCUT2D eigenvalue weighted by atomic mass is 35.5. The molecule has 0 spiro atoms. The molecule has 10 heteroatoms. The van der Waals surface area contributed by atoms with Gasteiger partial charge in [0.15, 0.2) is 0 Å². The van der Waals surface area contributed by atoms with Gasteiger partial charge in [0.05, 0.1) is 22.0 Å². The van der Waals surface area contributed by atoms with Crippen LogP contribution in [-0.4, -0.2) is 31.7 Å². The third-order valence-electron chi connectivity index (χ3n) is 6.56. The number of hydrogen-bond acceptors (Lipinski definition) is 4. The van der Waals surface area contributed by atoms with Gasteiger partial charge in [-0.1, -0.05) is 36.7 Å². The van der Waals surface area contributed by atoms with Crippen LogP contribution in [-0.2, 0) is 38.7 Å². The van der Waals surface area contributed by atoms with Crippen LogP contribution in [0.3, 0.4) is 0 Å². The number of rotatable bonds is 6. The molecule has 1 aliphatic heterocycles. The lowest BCUT2D eigenvalue weighted by Crippen LogP contribution is -2.30. The van der Waals surface area contributed by atoms with Crippen molar-refractivity contribution in [1.82, 2.24) is 24.6 Å². The summed E-state index contributed by atoms with van der Waals surface area (Å²) >= 11 is 6.14. The van der Waals surface area contributed by atoms with Gasteiger partial charge in [-0.25, -0.2) is 4.98 Å². The van der Waals surface area contributed by atoms with E-state index in [2.05, 4.69) is 32.3 Å². The maximum atomic E-state index is 13.1. The Morgan fingerprint density at radius 1 is 1.14 bits per heavy atom. The summed E-state index contributed by atoms with van der Waals surface area (Å²) in [5.41, 5.74) is 5.12. The first-order chi connectivity index (χ1) is 17.7. The Morgan fingerprint density at radius 3 is 2.70 bits per heavy atom. The fraction of sp³-hybridized carbons (Fsp3) is 0.296. The van der Waals surface area contributed by atoms with Crippen LogP contribution in [0.2, 0.25) is 5.02 Å².